The predicted octanol–water partition coefficient (Wildman–Crippen LogP) is 2.42. The average molecular weight is 270 g/mol. The van der Waals surface area contributed by atoms with Crippen molar-refractivity contribution in [2.24, 2.45) is 0 Å². The van der Waals surface area contributed by atoms with Gasteiger partial charge in [0.1, 0.15) is 0 Å². The third-order valence-electron chi connectivity index (χ3n) is 1.74. The molecule has 1 heterocycles. The molecule has 0 atom stereocenters. The summed E-state index contributed by atoms with van der Waals surface area (Å²) in [5, 5.41) is 1.03. The lowest BCUT2D eigenvalue weighted by atomic mass is 10.2. The van der Waals surface area contributed by atoms with Gasteiger partial charge in [0.25, 0.3) is 0 Å². The molecule has 3 heteroatoms. The van der Waals surface area contributed by atoms with E-state index in [0.717, 1.165) is 16.6 Å². The summed E-state index contributed by atoms with van der Waals surface area (Å²) in [4.78, 5) is 4.20. The summed E-state index contributed by atoms with van der Waals surface area (Å²) in [6, 6.07) is 7.86. The molecule has 2 rings (SSSR count). The molecule has 0 bridgehead atoms. The molecule has 0 saturated heterocycles. The van der Waals surface area contributed by atoms with Crippen LogP contribution in [0.4, 0.5) is 5.69 Å². The molecule has 1 aromatic heterocycles. The van der Waals surface area contributed by atoms with Crippen molar-refractivity contribution in [2.75, 3.05) is 5.73 Å². The molecular weight excluding hydrogens is 263 g/mol. The van der Waals surface area contributed by atoms with Crippen LogP contribution in [-0.4, -0.2) is 4.98 Å². The van der Waals surface area contributed by atoms with Crippen molar-refractivity contribution in [3.8, 4) is 0 Å². The van der Waals surface area contributed by atoms with Gasteiger partial charge in [-0.25, -0.2) is 0 Å². The van der Waals surface area contributed by atoms with Crippen LogP contribution in [0.2, 0.25) is 0 Å². The minimum atomic E-state index is 0.790. The standard InChI is InChI=1S/C9H7IN2/c10-6-1-2-9-7(5-6)8(11)3-4-12-9/h1-5H,(H2,11,12). The Balaban J connectivity index is 2.88. The number of nitrogen functional groups attached to an aromatic ring is 1. The lowest BCUT2D eigenvalue weighted by Gasteiger charge is -2.00. The summed E-state index contributed by atoms with van der Waals surface area (Å²) < 4.78 is 1.18. The van der Waals surface area contributed by atoms with Gasteiger partial charge in [-0.2, -0.15) is 0 Å². The number of pyridine rings is 1. The molecule has 2 nitrogen and oxygen atoms in total. The predicted molar refractivity (Wildman–Crippen MR) is 58.9 cm³/mol. The highest BCUT2D eigenvalue weighted by Crippen LogP contribution is 2.20. The minimum absolute atomic E-state index is 0.790. The zero-order valence-corrected chi connectivity index (χ0v) is 8.45. The van der Waals surface area contributed by atoms with Crippen LogP contribution in [0.25, 0.3) is 10.9 Å². The third kappa shape index (κ3) is 1.24. The third-order valence-corrected chi connectivity index (χ3v) is 2.41. The van der Waals surface area contributed by atoms with Crippen LogP contribution in [-0.2, 0) is 0 Å². The molecule has 60 valence electrons. The normalized spacial score (nSPS) is 10.4. The fourth-order valence-electron chi connectivity index (χ4n) is 1.14. The van der Waals surface area contributed by atoms with Crippen LogP contribution in [0.1, 0.15) is 0 Å². The van der Waals surface area contributed by atoms with Gasteiger partial charge < -0.3 is 5.73 Å². The Kier molecular flexibility index (Phi) is 1.88. The van der Waals surface area contributed by atoms with E-state index in [9.17, 15) is 0 Å². The molecule has 0 saturated carbocycles. The molecule has 0 radical (unpaired) electrons. The smallest absolute Gasteiger partial charge is 0.0723 e. The summed E-state index contributed by atoms with van der Waals surface area (Å²) in [6.07, 6.45) is 1.73. The molecule has 0 aliphatic heterocycles. The highest BCUT2D eigenvalue weighted by atomic mass is 127. The van der Waals surface area contributed by atoms with Crippen LogP contribution in [0.5, 0.6) is 0 Å². The first kappa shape index (κ1) is 7.79. The van der Waals surface area contributed by atoms with E-state index in [1.807, 2.05) is 24.3 Å². The molecule has 0 aliphatic carbocycles. The number of nitrogens with two attached hydrogens (primary N) is 1. The Morgan fingerprint density at radius 3 is 2.92 bits per heavy atom. The van der Waals surface area contributed by atoms with Gasteiger partial charge in [-0.05, 0) is 46.9 Å². The SMILES string of the molecule is Nc1ccnc2ccc(I)cc12. The van der Waals surface area contributed by atoms with E-state index in [4.69, 9.17) is 5.73 Å². The molecule has 2 N–H and O–H groups in total. The number of hydrogen-bond acceptors (Lipinski definition) is 2. The zero-order valence-electron chi connectivity index (χ0n) is 6.29. The molecule has 0 spiro atoms. The summed E-state index contributed by atoms with van der Waals surface area (Å²) in [6.45, 7) is 0. The van der Waals surface area contributed by atoms with Gasteiger partial charge in [-0.1, -0.05) is 0 Å². The van der Waals surface area contributed by atoms with Crippen LogP contribution in [0.15, 0.2) is 30.5 Å². The Hall–Kier alpha value is -0.840. The second-order valence-corrected chi connectivity index (χ2v) is 3.81. The van der Waals surface area contributed by atoms with Gasteiger partial charge in [0, 0.05) is 20.8 Å². The number of hydrogen-bond donors (Lipinski definition) is 1. The maximum Gasteiger partial charge on any atom is 0.0723 e. The van der Waals surface area contributed by atoms with E-state index in [0.29, 0.717) is 0 Å². The Labute approximate surface area is 83.9 Å². The number of aromatic nitrogens is 1. The van der Waals surface area contributed by atoms with E-state index in [1.165, 1.54) is 3.57 Å². The first-order valence-corrected chi connectivity index (χ1v) is 4.65. The minimum Gasteiger partial charge on any atom is -0.398 e. The van der Waals surface area contributed by atoms with Crippen molar-refractivity contribution in [1.29, 1.82) is 0 Å². The summed E-state index contributed by atoms with van der Waals surface area (Å²) in [5.74, 6) is 0. The van der Waals surface area contributed by atoms with Crippen LogP contribution >= 0.6 is 22.6 Å². The Morgan fingerprint density at radius 2 is 2.08 bits per heavy atom. The largest absolute Gasteiger partial charge is 0.398 e. The summed E-state index contributed by atoms with van der Waals surface area (Å²) >= 11 is 2.26. The fraction of sp³-hybridized carbons (Fsp3) is 0. The van der Waals surface area contributed by atoms with Gasteiger partial charge >= 0.3 is 0 Å². The van der Waals surface area contributed by atoms with Crippen molar-refractivity contribution in [2.45, 2.75) is 0 Å². The average Bonchev–Trinajstić information content (AvgIpc) is 2.07. The van der Waals surface area contributed by atoms with E-state index in [2.05, 4.69) is 27.6 Å². The Bertz CT molecular complexity index is 426. The quantitative estimate of drug-likeness (QED) is 0.747. The molecule has 12 heavy (non-hydrogen) atoms. The summed E-state index contributed by atoms with van der Waals surface area (Å²) in [7, 11) is 0. The van der Waals surface area contributed by atoms with Gasteiger partial charge in [0.15, 0.2) is 0 Å². The van der Waals surface area contributed by atoms with E-state index in [-0.39, 0.29) is 0 Å². The van der Waals surface area contributed by atoms with Crippen LogP contribution in [0.3, 0.4) is 0 Å². The second kappa shape index (κ2) is 2.90. The second-order valence-electron chi connectivity index (χ2n) is 2.56. The number of fused-ring (bicyclic) bond motifs is 1. The maximum atomic E-state index is 5.78. The fourth-order valence-corrected chi connectivity index (χ4v) is 1.63. The summed E-state index contributed by atoms with van der Waals surface area (Å²) in [5.41, 5.74) is 7.53. The highest BCUT2D eigenvalue weighted by Gasteiger charge is 1.97. The van der Waals surface area contributed by atoms with Gasteiger partial charge in [0.2, 0.25) is 0 Å². The number of rotatable bonds is 0. The number of halogens is 1. The van der Waals surface area contributed by atoms with Crippen molar-refractivity contribution >= 4 is 39.2 Å². The van der Waals surface area contributed by atoms with Crippen molar-refractivity contribution in [1.82, 2.24) is 4.98 Å². The topological polar surface area (TPSA) is 38.9 Å². The molecule has 0 amide bonds. The van der Waals surface area contributed by atoms with Crippen LogP contribution < -0.4 is 5.73 Å². The Morgan fingerprint density at radius 1 is 1.25 bits per heavy atom. The van der Waals surface area contributed by atoms with Gasteiger partial charge in [-0.15, -0.1) is 0 Å². The molecule has 0 aliphatic rings. The zero-order chi connectivity index (χ0) is 8.55. The lowest BCUT2D eigenvalue weighted by Crippen LogP contribution is -1.88. The van der Waals surface area contributed by atoms with E-state index in [1.54, 1.807) is 6.20 Å². The van der Waals surface area contributed by atoms with E-state index >= 15 is 0 Å². The van der Waals surface area contributed by atoms with Crippen molar-refractivity contribution < 1.29 is 0 Å². The molecule has 2 aromatic rings. The van der Waals surface area contributed by atoms with Gasteiger partial charge in [-0.3, -0.25) is 4.98 Å². The molecule has 0 unspecified atom stereocenters. The number of nitrogens with zero attached hydrogens (tertiary/aromatic N) is 1. The molecular formula is C9H7IN2. The van der Waals surface area contributed by atoms with Crippen molar-refractivity contribution in [3.63, 3.8) is 0 Å². The molecule has 0 fully saturated rings. The van der Waals surface area contributed by atoms with Crippen molar-refractivity contribution in [3.05, 3.63) is 34.0 Å². The lowest BCUT2D eigenvalue weighted by molar-refractivity contribution is 1.41. The monoisotopic (exact) mass is 270 g/mol. The first-order chi connectivity index (χ1) is 5.77. The maximum absolute atomic E-state index is 5.78. The van der Waals surface area contributed by atoms with Crippen LogP contribution in [0, 0.1) is 3.57 Å². The van der Waals surface area contributed by atoms with Gasteiger partial charge in [0.05, 0.1) is 5.52 Å². The number of anilines is 1. The van der Waals surface area contributed by atoms with E-state index < -0.39 is 0 Å². The first-order valence-electron chi connectivity index (χ1n) is 3.57. The molecule has 1 aromatic carbocycles. The highest BCUT2D eigenvalue weighted by molar-refractivity contribution is 14.1. The number of benzene rings is 1.